The predicted molar refractivity (Wildman–Crippen MR) is 75.1 cm³/mol. The Kier molecular flexibility index (Phi) is 4.19. The predicted octanol–water partition coefficient (Wildman–Crippen LogP) is 2.13. The fourth-order valence-corrected chi connectivity index (χ4v) is 2.01. The van der Waals surface area contributed by atoms with Gasteiger partial charge in [0.05, 0.1) is 11.1 Å². The van der Waals surface area contributed by atoms with E-state index in [-0.39, 0.29) is 0 Å². The van der Waals surface area contributed by atoms with Crippen LogP contribution in [0.4, 0.5) is 0 Å². The molecule has 2 aromatic heterocycles. The van der Waals surface area contributed by atoms with Crippen molar-refractivity contribution in [2.75, 3.05) is 0 Å². The molecular weight excluding hydrogens is 326 g/mol. The fraction of sp³-hybridized carbons (Fsp3) is 0.154. The first-order chi connectivity index (χ1) is 9.47. The summed E-state index contributed by atoms with van der Waals surface area (Å²) in [6.45, 7) is 3.43. The lowest BCUT2D eigenvalue weighted by Crippen LogP contribution is -2.41. The Morgan fingerprint density at radius 3 is 2.45 bits per heavy atom. The number of amides is 2. The first-order valence-corrected chi connectivity index (χ1v) is 6.55. The number of carbonyl (C=O) groups is 2. The molecule has 104 valence electrons. The van der Waals surface area contributed by atoms with Gasteiger partial charge in [-0.2, -0.15) is 0 Å². The molecule has 0 aliphatic heterocycles. The monoisotopic (exact) mass is 337 g/mol. The maximum absolute atomic E-state index is 11.9. The minimum absolute atomic E-state index is 0.333. The Hall–Kier alpha value is -2.15. The Labute approximate surface area is 123 Å². The minimum atomic E-state index is -0.454. The highest BCUT2D eigenvalue weighted by molar-refractivity contribution is 9.10. The summed E-state index contributed by atoms with van der Waals surface area (Å²) >= 11 is 3.22. The SMILES string of the molecule is Cc1cc(C(=O)NNC(=O)c2cncc(Br)c2)c(C)o1. The number of hydrogen-bond donors (Lipinski definition) is 2. The normalized spacial score (nSPS) is 10.2. The molecule has 0 radical (unpaired) electrons. The Morgan fingerprint density at radius 1 is 1.15 bits per heavy atom. The second-order valence-corrected chi connectivity index (χ2v) is 5.04. The van der Waals surface area contributed by atoms with Gasteiger partial charge in [-0.3, -0.25) is 25.4 Å². The fourth-order valence-electron chi connectivity index (χ4n) is 1.65. The molecule has 0 bridgehead atoms. The molecule has 0 aromatic carbocycles. The van der Waals surface area contributed by atoms with E-state index in [1.165, 1.54) is 6.20 Å². The van der Waals surface area contributed by atoms with Crippen LogP contribution in [0, 0.1) is 13.8 Å². The molecule has 0 saturated heterocycles. The van der Waals surface area contributed by atoms with Crippen LogP contribution in [-0.2, 0) is 0 Å². The molecule has 2 heterocycles. The van der Waals surface area contributed by atoms with E-state index in [2.05, 4.69) is 31.8 Å². The van der Waals surface area contributed by atoms with Gasteiger partial charge in [0.25, 0.3) is 11.8 Å². The zero-order valence-corrected chi connectivity index (χ0v) is 12.4. The van der Waals surface area contributed by atoms with Gasteiger partial charge in [0, 0.05) is 16.9 Å². The van der Waals surface area contributed by atoms with Gasteiger partial charge in [-0.05, 0) is 41.9 Å². The van der Waals surface area contributed by atoms with Crippen LogP contribution in [-0.4, -0.2) is 16.8 Å². The van der Waals surface area contributed by atoms with Crippen molar-refractivity contribution in [3.8, 4) is 0 Å². The molecule has 2 rings (SSSR count). The van der Waals surface area contributed by atoms with Crippen LogP contribution in [0.15, 0.2) is 33.4 Å². The Balaban J connectivity index is 2.00. The number of hydrogen-bond acceptors (Lipinski definition) is 4. The highest BCUT2D eigenvalue weighted by Gasteiger charge is 2.14. The number of carbonyl (C=O) groups excluding carboxylic acids is 2. The summed E-state index contributed by atoms with van der Waals surface area (Å²) in [5.41, 5.74) is 5.37. The first kappa shape index (κ1) is 14.3. The van der Waals surface area contributed by atoms with E-state index < -0.39 is 11.8 Å². The first-order valence-electron chi connectivity index (χ1n) is 5.75. The van der Waals surface area contributed by atoms with Crippen molar-refractivity contribution in [3.05, 3.63) is 51.6 Å². The zero-order chi connectivity index (χ0) is 14.7. The van der Waals surface area contributed by atoms with Crippen LogP contribution in [0.1, 0.15) is 32.2 Å². The number of rotatable bonds is 2. The van der Waals surface area contributed by atoms with Crippen molar-refractivity contribution in [1.82, 2.24) is 15.8 Å². The molecular formula is C13H12BrN3O3. The number of aromatic nitrogens is 1. The van der Waals surface area contributed by atoms with Gasteiger partial charge in [0.1, 0.15) is 11.5 Å². The number of nitrogens with one attached hydrogen (secondary N) is 2. The van der Waals surface area contributed by atoms with Crippen molar-refractivity contribution in [2.45, 2.75) is 13.8 Å². The average molecular weight is 338 g/mol. The number of pyridine rings is 1. The highest BCUT2D eigenvalue weighted by Crippen LogP contribution is 2.13. The van der Waals surface area contributed by atoms with E-state index in [1.54, 1.807) is 32.2 Å². The van der Waals surface area contributed by atoms with Crippen molar-refractivity contribution >= 4 is 27.7 Å². The highest BCUT2D eigenvalue weighted by atomic mass is 79.9. The topological polar surface area (TPSA) is 84.2 Å². The van der Waals surface area contributed by atoms with Crippen LogP contribution < -0.4 is 10.9 Å². The molecule has 0 saturated carbocycles. The molecule has 7 heteroatoms. The Bertz CT molecular complexity index is 667. The van der Waals surface area contributed by atoms with Gasteiger partial charge >= 0.3 is 0 Å². The molecule has 0 aliphatic carbocycles. The van der Waals surface area contributed by atoms with Crippen molar-refractivity contribution < 1.29 is 14.0 Å². The van der Waals surface area contributed by atoms with Crippen LogP contribution in [0.25, 0.3) is 0 Å². The lowest BCUT2D eigenvalue weighted by Gasteiger charge is -2.06. The minimum Gasteiger partial charge on any atom is -0.466 e. The molecule has 20 heavy (non-hydrogen) atoms. The summed E-state index contributed by atoms with van der Waals surface area (Å²) < 4.78 is 5.93. The van der Waals surface area contributed by atoms with Crippen LogP contribution in [0.5, 0.6) is 0 Å². The van der Waals surface area contributed by atoms with Crippen LogP contribution in [0.2, 0.25) is 0 Å². The van der Waals surface area contributed by atoms with Gasteiger partial charge in [-0.15, -0.1) is 0 Å². The number of nitrogens with zero attached hydrogens (tertiary/aromatic N) is 1. The summed E-state index contributed by atoms with van der Waals surface area (Å²) in [5.74, 6) is 0.245. The second-order valence-electron chi connectivity index (χ2n) is 4.13. The maximum atomic E-state index is 11.9. The number of aryl methyl sites for hydroxylation is 2. The summed E-state index contributed by atoms with van der Waals surface area (Å²) in [5, 5.41) is 0. The molecule has 2 amide bonds. The Morgan fingerprint density at radius 2 is 1.85 bits per heavy atom. The number of hydrazine groups is 1. The average Bonchev–Trinajstić information content (AvgIpc) is 2.74. The molecule has 0 unspecified atom stereocenters. The maximum Gasteiger partial charge on any atom is 0.273 e. The van der Waals surface area contributed by atoms with E-state index in [1.807, 2.05) is 0 Å². The lowest BCUT2D eigenvalue weighted by molar-refractivity contribution is 0.0845. The third-order valence-corrected chi connectivity index (χ3v) is 2.98. The third kappa shape index (κ3) is 3.24. The van der Waals surface area contributed by atoms with Crippen molar-refractivity contribution in [2.24, 2.45) is 0 Å². The summed E-state index contributed by atoms with van der Waals surface area (Å²) in [4.78, 5) is 27.6. The molecule has 0 atom stereocenters. The van der Waals surface area contributed by atoms with Gasteiger partial charge in [0.2, 0.25) is 0 Å². The van der Waals surface area contributed by atoms with Gasteiger partial charge < -0.3 is 4.42 Å². The largest absolute Gasteiger partial charge is 0.466 e. The van der Waals surface area contributed by atoms with E-state index in [4.69, 9.17) is 4.42 Å². The number of halogens is 1. The molecule has 0 fully saturated rings. The molecule has 2 aromatic rings. The van der Waals surface area contributed by atoms with E-state index in [0.717, 1.165) is 0 Å². The summed E-state index contributed by atoms with van der Waals surface area (Å²) in [7, 11) is 0. The molecule has 2 N–H and O–H groups in total. The molecule has 0 aliphatic rings. The lowest BCUT2D eigenvalue weighted by atomic mass is 10.2. The summed E-state index contributed by atoms with van der Waals surface area (Å²) in [6.07, 6.45) is 2.96. The van der Waals surface area contributed by atoms with E-state index >= 15 is 0 Å². The molecule has 6 nitrogen and oxygen atoms in total. The molecule has 0 spiro atoms. The van der Waals surface area contributed by atoms with Gasteiger partial charge in [-0.1, -0.05) is 0 Å². The summed E-state index contributed by atoms with van der Waals surface area (Å²) in [6, 6.07) is 3.21. The zero-order valence-electron chi connectivity index (χ0n) is 10.9. The quantitative estimate of drug-likeness (QED) is 0.822. The van der Waals surface area contributed by atoms with Crippen LogP contribution in [0.3, 0.4) is 0 Å². The smallest absolute Gasteiger partial charge is 0.273 e. The van der Waals surface area contributed by atoms with Gasteiger partial charge in [-0.25, -0.2) is 0 Å². The third-order valence-electron chi connectivity index (χ3n) is 2.54. The number of furan rings is 1. The van der Waals surface area contributed by atoms with E-state index in [9.17, 15) is 9.59 Å². The van der Waals surface area contributed by atoms with Crippen molar-refractivity contribution in [3.63, 3.8) is 0 Å². The van der Waals surface area contributed by atoms with Crippen LogP contribution >= 0.6 is 15.9 Å². The van der Waals surface area contributed by atoms with Crippen molar-refractivity contribution in [1.29, 1.82) is 0 Å². The standard InChI is InChI=1S/C13H12BrN3O3/c1-7-3-11(8(2)20-7)13(19)17-16-12(18)9-4-10(14)6-15-5-9/h3-6H,1-2H3,(H,16,18)(H,17,19). The van der Waals surface area contributed by atoms with Gasteiger partial charge in [0.15, 0.2) is 0 Å². The van der Waals surface area contributed by atoms with E-state index in [0.29, 0.717) is 27.1 Å². The second kappa shape index (κ2) is 5.87.